The Kier molecular flexibility index (Phi) is 4.16. The topological polar surface area (TPSA) is 51.2 Å². The molecule has 19 heavy (non-hydrogen) atoms. The largest absolute Gasteiger partial charge is 0.481 e. The molecule has 0 aliphatic rings. The summed E-state index contributed by atoms with van der Waals surface area (Å²) in [6.07, 6.45) is 0. The van der Waals surface area contributed by atoms with Crippen LogP contribution in [0.15, 0.2) is 40.9 Å². The Labute approximate surface area is 119 Å². The molecule has 1 amide bonds. The van der Waals surface area contributed by atoms with Crippen LogP contribution in [0, 0.1) is 6.92 Å². The molecule has 0 saturated heterocycles. The second-order valence-corrected chi connectivity index (χ2v) is 4.77. The zero-order valence-corrected chi connectivity index (χ0v) is 12.2. The van der Waals surface area contributed by atoms with Gasteiger partial charge in [0.05, 0.1) is 24.1 Å². The minimum Gasteiger partial charge on any atom is -0.481 e. The lowest BCUT2D eigenvalue weighted by molar-refractivity contribution is 0.102. The number of aryl methyl sites for hydroxylation is 1. The number of pyridine rings is 1. The van der Waals surface area contributed by atoms with Gasteiger partial charge in [-0.05, 0) is 41.1 Å². The highest BCUT2D eigenvalue weighted by molar-refractivity contribution is 9.10. The van der Waals surface area contributed by atoms with Crippen molar-refractivity contribution in [2.24, 2.45) is 0 Å². The van der Waals surface area contributed by atoms with Crippen molar-refractivity contribution >= 4 is 27.5 Å². The van der Waals surface area contributed by atoms with Crippen LogP contribution in [0.4, 0.5) is 5.69 Å². The molecule has 0 fully saturated rings. The molecule has 0 atom stereocenters. The summed E-state index contributed by atoms with van der Waals surface area (Å²) < 4.78 is 5.78. The van der Waals surface area contributed by atoms with E-state index in [1.54, 1.807) is 25.3 Å². The maximum Gasteiger partial charge on any atom is 0.256 e. The van der Waals surface area contributed by atoms with E-state index in [0.717, 1.165) is 4.47 Å². The van der Waals surface area contributed by atoms with Crippen molar-refractivity contribution in [1.82, 2.24) is 4.98 Å². The maximum atomic E-state index is 12.1. The van der Waals surface area contributed by atoms with Crippen LogP contribution in [-0.4, -0.2) is 18.0 Å². The number of anilines is 1. The smallest absolute Gasteiger partial charge is 0.256 e. The first-order valence-corrected chi connectivity index (χ1v) is 6.48. The molecular formula is C14H13BrN2O2. The predicted octanol–water partition coefficient (Wildman–Crippen LogP) is 3.41. The van der Waals surface area contributed by atoms with Crippen molar-refractivity contribution in [3.05, 3.63) is 52.1 Å². The fraction of sp³-hybridized carbons (Fsp3) is 0.143. The predicted molar refractivity (Wildman–Crippen MR) is 77.6 cm³/mol. The molecule has 0 saturated carbocycles. The minimum atomic E-state index is -0.178. The van der Waals surface area contributed by atoms with Gasteiger partial charge in [0.25, 0.3) is 5.91 Å². The van der Waals surface area contributed by atoms with Crippen LogP contribution >= 0.6 is 15.9 Å². The Morgan fingerprint density at radius 1 is 1.26 bits per heavy atom. The van der Waals surface area contributed by atoms with Gasteiger partial charge in [-0.2, -0.15) is 0 Å². The molecule has 0 spiro atoms. The van der Waals surface area contributed by atoms with Crippen LogP contribution in [0.3, 0.4) is 0 Å². The normalized spacial score (nSPS) is 10.1. The third kappa shape index (κ3) is 3.12. The standard InChI is InChI=1S/C14H13BrN2O2/c1-9-12(7-8-13(16-9)19-2)17-14(18)10-5-3-4-6-11(10)15/h3-8H,1-2H3,(H,17,18). The van der Waals surface area contributed by atoms with E-state index < -0.39 is 0 Å². The summed E-state index contributed by atoms with van der Waals surface area (Å²) in [6, 6.07) is 10.7. The van der Waals surface area contributed by atoms with Gasteiger partial charge in [-0.25, -0.2) is 4.98 Å². The van der Waals surface area contributed by atoms with Crippen molar-refractivity contribution in [3.8, 4) is 5.88 Å². The second kappa shape index (κ2) is 5.84. The van der Waals surface area contributed by atoms with Crippen LogP contribution in [0.25, 0.3) is 0 Å². The number of hydrogen-bond donors (Lipinski definition) is 1. The Morgan fingerprint density at radius 3 is 2.63 bits per heavy atom. The van der Waals surface area contributed by atoms with E-state index in [2.05, 4.69) is 26.2 Å². The fourth-order valence-corrected chi connectivity index (χ4v) is 2.08. The van der Waals surface area contributed by atoms with Gasteiger partial charge in [0.15, 0.2) is 0 Å². The van der Waals surface area contributed by atoms with E-state index in [1.165, 1.54) is 0 Å². The van der Waals surface area contributed by atoms with E-state index in [1.807, 2.05) is 25.1 Å². The van der Waals surface area contributed by atoms with Crippen LogP contribution in [0.1, 0.15) is 16.1 Å². The Balaban J connectivity index is 2.22. The summed E-state index contributed by atoms with van der Waals surface area (Å²) in [7, 11) is 1.56. The quantitative estimate of drug-likeness (QED) is 0.942. The molecule has 2 aromatic rings. The van der Waals surface area contributed by atoms with Gasteiger partial charge in [-0.15, -0.1) is 0 Å². The molecule has 5 heteroatoms. The summed E-state index contributed by atoms with van der Waals surface area (Å²) in [6.45, 7) is 1.82. The number of methoxy groups -OCH3 is 1. The molecule has 0 radical (unpaired) electrons. The molecule has 1 heterocycles. The van der Waals surface area contributed by atoms with Gasteiger partial charge < -0.3 is 10.1 Å². The lowest BCUT2D eigenvalue weighted by atomic mass is 10.2. The van der Waals surface area contributed by atoms with Crippen LogP contribution in [0.2, 0.25) is 0 Å². The summed E-state index contributed by atoms with van der Waals surface area (Å²) in [5.41, 5.74) is 1.96. The average Bonchev–Trinajstić information content (AvgIpc) is 2.41. The van der Waals surface area contributed by atoms with Gasteiger partial charge in [0.2, 0.25) is 5.88 Å². The zero-order chi connectivity index (χ0) is 13.8. The summed E-state index contributed by atoms with van der Waals surface area (Å²) in [4.78, 5) is 16.4. The lowest BCUT2D eigenvalue weighted by Crippen LogP contribution is -2.13. The van der Waals surface area contributed by atoms with Crippen molar-refractivity contribution in [2.45, 2.75) is 6.92 Å². The molecule has 0 aliphatic heterocycles. The number of halogens is 1. The summed E-state index contributed by atoms with van der Waals surface area (Å²) in [5, 5.41) is 2.83. The molecule has 0 unspecified atom stereocenters. The average molecular weight is 321 g/mol. The highest BCUT2D eigenvalue weighted by Gasteiger charge is 2.11. The molecular weight excluding hydrogens is 308 g/mol. The highest BCUT2D eigenvalue weighted by Crippen LogP contribution is 2.20. The number of carbonyl (C=O) groups excluding carboxylic acids is 1. The number of amides is 1. The molecule has 1 N–H and O–H groups in total. The Bertz CT molecular complexity index is 614. The van der Waals surface area contributed by atoms with Crippen LogP contribution in [0.5, 0.6) is 5.88 Å². The third-order valence-electron chi connectivity index (χ3n) is 2.64. The number of rotatable bonds is 3. The van der Waals surface area contributed by atoms with Gasteiger partial charge in [-0.3, -0.25) is 4.79 Å². The van der Waals surface area contributed by atoms with E-state index in [4.69, 9.17) is 4.74 Å². The monoisotopic (exact) mass is 320 g/mol. The van der Waals surface area contributed by atoms with Gasteiger partial charge in [0.1, 0.15) is 0 Å². The number of nitrogens with one attached hydrogen (secondary N) is 1. The first-order chi connectivity index (χ1) is 9.11. The lowest BCUT2D eigenvalue weighted by Gasteiger charge is -2.09. The number of nitrogens with zero attached hydrogens (tertiary/aromatic N) is 1. The molecule has 1 aromatic carbocycles. The van der Waals surface area contributed by atoms with E-state index >= 15 is 0 Å². The number of benzene rings is 1. The van der Waals surface area contributed by atoms with E-state index in [9.17, 15) is 4.79 Å². The van der Waals surface area contributed by atoms with Gasteiger partial charge >= 0.3 is 0 Å². The number of carbonyl (C=O) groups is 1. The van der Waals surface area contributed by atoms with E-state index in [0.29, 0.717) is 22.8 Å². The highest BCUT2D eigenvalue weighted by atomic mass is 79.9. The molecule has 0 bridgehead atoms. The van der Waals surface area contributed by atoms with Crippen molar-refractivity contribution in [3.63, 3.8) is 0 Å². The second-order valence-electron chi connectivity index (χ2n) is 3.92. The van der Waals surface area contributed by atoms with Gasteiger partial charge in [-0.1, -0.05) is 12.1 Å². The van der Waals surface area contributed by atoms with Crippen molar-refractivity contribution in [1.29, 1.82) is 0 Å². The molecule has 0 aliphatic carbocycles. The third-order valence-corrected chi connectivity index (χ3v) is 3.33. The zero-order valence-electron chi connectivity index (χ0n) is 10.6. The first-order valence-electron chi connectivity index (χ1n) is 5.69. The van der Waals surface area contributed by atoms with Crippen molar-refractivity contribution in [2.75, 3.05) is 12.4 Å². The molecule has 1 aromatic heterocycles. The maximum absolute atomic E-state index is 12.1. The minimum absolute atomic E-state index is 0.178. The number of hydrogen-bond acceptors (Lipinski definition) is 3. The summed E-state index contributed by atoms with van der Waals surface area (Å²) in [5.74, 6) is 0.346. The Hall–Kier alpha value is -1.88. The number of aromatic nitrogens is 1. The fourth-order valence-electron chi connectivity index (χ4n) is 1.62. The molecule has 4 nitrogen and oxygen atoms in total. The Morgan fingerprint density at radius 2 is 2.00 bits per heavy atom. The van der Waals surface area contributed by atoms with E-state index in [-0.39, 0.29) is 5.91 Å². The molecule has 2 rings (SSSR count). The van der Waals surface area contributed by atoms with Gasteiger partial charge in [0, 0.05) is 10.5 Å². The number of ether oxygens (including phenoxy) is 1. The van der Waals surface area contributed by atoms with Crippen LogP contribution in [-0.2, 0) is 0 Å². The van der Waals surface area contributed by atoms with Crippen molar-refractivity contribution < 1.29 is 9.53 Å². The summed E-state index contributed by atoms with van der Waals surface area (Å²) >= 11 is 3.36. The SMILES string of the molecule is COc1ccc(NC(=O)c2ccccc2Br)c(C)n1. The van der Waals surface area contributed by atoms with Crippen LogP contribution < -0.4 is 10.1 Å². The molecule has 98 valence electrons. The first kappa shape index (κ1) is 13.5.